The molecule has 0 saturated heterocycles. The normalized spacial score (nSPS) is 12.0. The molecule has 0 amide bonds. The zero-order valence-electron chi connectivity index (χ0n) is 9.14. The van der Waals surface area contributed by atoms with Crippen LogP contribution in [0.5, 0.6) is 0 Å². The lowest BCUT2D eigenvalue weighted by Crippen LogP contribution is -2.40. The van der Waals surface area contributed by atoms with E-state index in [1.807, 2.05) is 0 Å². The molecule has 13 heavy (non-hydrogen) atoms. The Morgan fingerprint density at radius 3 is 2.31 bits per heavy atom. The maximum atomic E-state index is 5.07. The lowest BCUT2D eigenvalue weighted by Gasteiger charge is -2.20. The zero-order valence-corrected chi connectivity index (χ0v) is 9.14. The van der Waals surface area contributed by atoms with Gasteiger partial charge in [-0.3, -0.25) is 4.84 Å². The maximum absolute atomic E-state index is 5.07. The highest BCUT2D eigenvalue weighted by atomic mass is 16.7. The first-order chi connectivity index (χ1) is 6.06. The van der Waals surface area contributed by atoms with Crippen molar-refractivity contribution in [1.29, 1.82) is 0 Å². The average Bonchev–Trinajstić information content (AvgIpc) is 2.01. The third-order valence-electron chi connectivity index (χ3n) is 1.37. The van der Waals surface area contributed by atoms with Crippen LogP contribution in [-0.4, -0.2) is 39.0 Å². The van der Waals surface area contributed by atoms with Crippen LogP contribution >= 0.6 is 0 Å². The van der Waals surface area contributed by atoms with Gasteiger partial charge in [-0.1, -0.05) is 0 Å². The van der Waals surface area contributed by atoms with E-state index >= 15 is 0 Å². The fourth-order valence-corrected chi connectivity index (χ4v) is 0.758. The molecule has 4 heteroatoms. The molecule has 0 aromatic rings. The highest BCUT2D eigenvalue weighted by molar-refractivity contribution is 4.69. The predicted octanol–water partition coefficient (Wildman–Crippen LogP) is 0.542. The SMILES string of the molecule is COCCONCCNC(C)(C)C. The van der Waals surface area contributed by atoms with Gasteiger partial charge in [-0.2, -0.15) is 0 Å². The summed E-state index contributed by atoms with van der Waals surface area (Å²) in [5.74, 6) is 0. The van der Waals surface area contributed by atoms with Crippen LogP contribution in [0.25, 0.3) is 0 Å². The van der Waals surface area contributed by atoms with Gasteiger partial charge in [-0.25, -0.2) is 5.48 Å². The third kappa shape index (κ3) is 11.8. The number of ether oxygens (including phenoxy) is 1. The van der Waals surface area contributed by atoms with Crippen molar-refractivity contribution in [2.45, 2.75) is 26.3 Å². The molecule has 0 aromatic heterocycles. The standard InChI is InChI=1S/C9H22N2O2/c1-9(2,3)10-5-6-11-13-8-7-12-4/h10-11H,5-8H2,1-4H3. The molecule has 0 radical (unpaired) electrons. The van der Waals surface area contributed by atoms with Gasteiger partial charge in [-0.15, -0.1) is 0 Å². The van der Waals surface area contributed by atoms with Gasteiger partial charge in [0, 0.05) is 25.7 Å². The van der Waals surface area contributed by atoms with Crippen molar-refractivity contribution in [1.82, 2.24) is 10.8 Å². The van der Waals surface area contributed by atoms with Crippen LogP contribution in [0, 0.1) is 0 Å². The van der Waals surface area contributed by atoms with E-state index in [1.54, 1.807) is 7.11 Å². The molecule has 0 aliphatic heterocycles. The molecule has 80 valence electrons. The first-order valence-corrected chi connectivity index (χ1v) is 4.65. The van der Waals surface area contributed by atoms with Crippen LogP contribution in [0.3, 0.4) is 0 Å². The molecule has 0 rings (SSSR count). The van der Waals surface area contributed by atoms with E-state index in [2.05, 4.69) is 31.6 Å². The minimum Gasteiger partial charge on any atom is -0.382 e. The van der Waals surface area contributed by atoms with Gasteiger partial charge in [-0.05, 0) is 20.8 Å². The molecule has 2 N–H and O–H groups in total. The summed E-state index contributed by atoms with van der Waals surface area (Å²) in [6, 6.07) is 0. The first-order valence-electron chi connectivity index (χ1n) is 4.65. The minimum atomic E-state index is 0.175. The second kappa shape index (κ2) is 7.26. The topological polar surface area (TPSA) is 42.5 Å². The molecule has 4 nitrogen and oxygen atoms in total. The summed E-state index contributed by atoms with van der Waals surface area (Å²) in [7, 11) is 1.66. The molecule has 0 atom stereocenters. The third-order valence-corrected chi connectivity index (χ3v) is 1.37. The molecule has 0 spiro atoms. The molecular weight excluding hydrogens is 168 g/mol. The molecule has 0 saturated carbocycles. The highest BCUT2D eigenvalue weighted by Gasteiger charge is 2.06. The Kier molecular flexibility index (Phi) is 7.17. The van der Waals surface area contributed by atoms with E-state index in [1.165, 1.54) is 0 Å². The summed E-state index contributed by atoms with van der Waals surface area (Å²) in [6.07, 6.45) is 0. The smallest absolute Gasteiger partial charge is 0.0915 e. The number of nitrogens with one attached hydrogen (secondary N) is 2. The molecule has 0 fully saturated rings. The fraction of sp³-hybridized carbons (Fsp3) is 1.00. The van der Waals surface area contributed by atoms with Gasteiger partial charge >= 0.3 is 0 Å². The Balaban J connectivity index is 3.00. The van der Waals surface area contributed by atoms with Crippen LogP contribution in [0.15, 0.2) is 0 Å². The predicted molar refractivity (Wildman–Crippen MR) is 53.6 cm³/mol. The molecule has 0 heterocycles. The molecule has 0 aliphatic carbocycles. The van der Waals surface area contributed by atoms with E-state index in [0.29, 0.717) is 13.2 Å². The molecule has 0 aromatic carbocycles. The molecule has 0 unspecified atom stereocenters. The van der Waals surface area contributed by atoms with Crippen LogP contribution < -0.4 is 10.8 Å². The van der Waals surface area contributed by atoms with E-state index in [-0.39, 0.29) is 5.54 Å². The van der Waals surface area contributed by atoms with E-state index < -0.39 is 0 Å². The second-order valence-electron chi connectivity index (χ2n) is 3.91. The van der Waals surface area contributed by atoms with Gasteiger partial charge in [0.25, 0.3) is 0 Å². The lowest BCUT2D eigenvalue weighted by molar-refractivity contribution is 0.00712. The number of hydroxylamine groups is 1. The molecule has 0 bridgehead atoms. The second-order valence-corrected chi connectivity index (χ2v) is 3.91. The number of hydrogen-bond acceptors (Lipinski definition) is 4. The van der Waals surface area contributed by atoms with E-state index in [9.17, 15) is 0 Å². The van der Waals surface area contributed by atoms with Crippen molar-refractivity contribution in [3.63, 3.8) is 0 Å². The van der Waals surface area contributed by atoms with Crippen molar-refractivity contribution in [3.05, 3.63) is 0 Å². The number of rotatable bonds is 7. The Hall–Kier alpha value is -0.160. The van der Waals surface area contributed by atoms with Crippen molar-refractivity contribution < 1.29 is 9.57 Å². The highest BCUT2D eigenvalue weighted by Crippen LogP contribution is 1.96. The summed E-state index contributed by atoms with van der Waals surface area (Å²) in [6.45, 7) is 9.33. The van der Waals surface area contributed by atoms with Gasteiger partial charge < -0.3 is 10.1 Å². The van der Waals surface area contributed by atoms with Gasteiger partial charge in [0.1, 0.15) is 0 Å². The van der Waals surface area contributed by atoms with Crippen molar-refractivity contribution in [3.8, 4) is 0 Å². The average molecular weight is 190 g/mol. The molecular formula is C9H22N2O2. The Bertz CT molecular complexity index is 113. The van der Waals surface area contributed by atoms with Crippen molar-refractivity contribution in [2.24, 2.45) is 0 Å². The summed E-state index contributed by atoms with van der Waals surface area (Å²) >= 11 is 0. The Labute approximate surface area is 80.9 Å². The lowest BCUT2D eigenvalue weighted by atomic mass is 10.1. The first kappa shape index (κ1) is 12.8. The summed E-state index contributed by atoms with van der Waals surface area (Å²) in [5.41, 5.74) is 3.03. The monoisotopic (exact) mass is 190 g/mol. The van der Waals surface area contributed by atoms with Gasteiger partial charge in [0.2, 0.25) is 0 Å². The van der Waals surface area contributed by atoms with Gasteiger partial charge in [0.15, 0.2) is 0 Å². The quantitative estimate of drug-likeness (QED) is 0.454. The van der Waals surface area contributed by atoms with Crippen LogP contribution in [0.2, 0.25) is 0 Å². The Morgan fingerprint density at radius 2 is 1.77 bits per heavy atom. The van der Waals surface area contributed by atoms with Gasteiger partial charge in [0.05, 0.1) is 13.2 Å². The number of methoxy groups -OCH3 is 1. The Morgan fingerprint density at radius 1 is 1.08 bits per heavy atom. The maximum Gasteiger partial charge on any atom is 0.0915 e. The van der Waals surface area contributed by atoms with Crippen LogP contribution in [0.4, 0.5) is 0 Å². The largest absolute Gasteiger partial charge is 0.382 e. The minimum absolute atomic E-state index is 0.175. The van der Waals surface area contributed by atoms with Crippen LogP contribution in [0.1, 0.15) is 20.8 Å². The summed E-state index contributed by atoms with van der Waals surface area (Å²) in [5, 5.41) is 3.34. The van der Waals surface area contributed by atoms with Crippen molar-refractivity contribution >= 4 is 0 Å². The summed E-state index contributed by atoms with van der Waals surface area (Å²) < 4.78 is 4.82. The van der Waals surface area contributed by atoms with E-state index in [0.717, 1.165) is 13.1 Å². The van der Waals surface area contributed by atoms with Crippen LogP contribution in [-0.2, 0) is 9.57 Å². The molecule has 0 aliphatic rings. The fourth-order valence-electron chi connectivity index (χ4n) is 0.758. The van der Waals surface area contributed by atoms with Crippen molar-refractivity contribution in [2.75, 3.05) is 33.4 Å². The zero-order chi connectivity index (χ0) is 10.2. The number of hydrogen-bond donors (Lipinski definition) is 2. The van der Waals surface area contributed by atoms with E-state index in [4.69, 9.17) is 9.57 Å². The summed E-state index contributed by atoms with van der Waals surface area (Å²) in [4.78, 5) is 5.07.